The number of aromatic nitrogens is 2. The Morgan fingerprint density at radius 2 is 1.57 bits per heavy atom. The van der Waals surface area contributed by atoms with E-state index in [-0.39, 0.29) is 12.4 Å². The number of hydrogen-bond donors (Lipinski definition) is 0. The van der Waals surface area contributed by atoms with Crippen LogP contribution in [0.4, 0.5) is 13.2 Å². The molecule has 0 aliphatic carbocycles. The van der Waals surface area contributed by atoms with Gasteiger partial charge in [-0.1, -0.05) is 18.2 Å². The molecule has 4 rings (SSSR count). The molecule has 0 atom stereocenters. The van der Waals surface area contributed by atoms with Crippen LogP contribution in [0, 0.1) is 0 Å². The molecular formula is C22H15F3N2O2S. The van der Waals surface area contributed by atoms with Gasteiger partial charge < -0.3 is 9.47 Å². The van der Waals surface area contributed by atoms with E-state index >= 15 is 0 Å². The van der Waals surface area contributed by atoms with Crippen LogP contribution < -0.4 is 9.47 Å². The first-order valence-corrected chi connectivity index (χ1v) is 9.73. The first kappa shape index (κ1) is 19.9. The fourth-order valence-corrected chi connectivity index (χ4v) is 3.44. The average molecular weight is 428 g/mol. The van der Waals surface area contributed by atoms with Crippen molar-refractivity contribution in [1.29, 1.82) is 0 Å². The van der Waals surface area contributed by atoms with Gasteiger partial charge >= 0.3 is 6.18 Å². The molecule has 0 saturated heterocycles. The minimum Gasteiger partial charge on any atom is -0.488 e. The third-order valence-electron chi connectivity index (χ3n) is 4.04. The molecule has 30 heavy (non-hydrogen) atoms. The number of nitrogens with zero attached hydrogens (tertiary/aromatic N) is 2. The Kier molecular flexibility index (Phi) is 5.67. The summed E-state index contributed by atoms with van der Waals surface area (Å²) < 4.78 is 49.5. The van der Waals surface area contributed by atoms with E-state index in [1.54, 1.807) is 6.20 Å². The summed E-state index contributed by atoms with van der Waals surface area (Å²) in [6, 6.07) is 19.3. The molecule has 0 bridgehead atoms. The highest BCUT2D eigenvalue weighted by Crippen LogP contribution is 2.31. The zero-order chi connectivity index (χ0) is 21.0. The lowest BCUT2D eigenvalue weighted by Gasteiger charge is -2.08. The average Bonchev–Trinajstić information content (AvgIpc) is 3.22. The van der Waals surface area contributed by atoms with Crippen molar-refractivity contribution >= 4 is 11.3 Å². The van der Waals surface area contributed by atoms with E-state index in [1.165, 1.54) is 17.4 Å². The Morgan fingerprint density at radius 1 is 0.833 bits per heavy atom. The summed E-state index contributed by atoms with van der Waals surface area (Å²) in [5.41, 5.74) is -0.0715. The van der Waals surface area contributed by atoms with Crippen molar-refractivity contribution in [2.75, 3.05) is 0 Å². The van der Waals surface area contributed by atoms with E-state index in [4.69, 9.17) is 9.47 Å². The van der Waals surface area contributed by atoms with Gasteiger partial charge in [0.1, 0.15) is 34.6 Å². The number of thiazole rings is 1. The van der Waals surface area contributed by atoms with Gasteiger partial charge in [0.2, 0.25) is 0 Å². The van der Waals surface area contributed by atoms with Crippen LogP contribution in [0.15, 0.2) is 79.1 Å². The SMILES string of the molecule is FC(F)(F)c1cc(OCc2cnc(-c3ccc(Oc4ccccc4)cc3)s2)ccn1. The molecule has 4 nitrogen and oxygen atoms in total. The van der Waals surface area contributed by atoms with Gasteiger partial charge in [0.05, 0.1) is 4.88 Å². The number of rotatable bonds is 6. The van der Waals surface area contributed by atoms with Gasteiger partial charge in [-0.2, -0.15) is 13.2 Å². The highest BCUT2D eigenvalue weighted by molar-refractivity contribution is 7.15. The lowest BCUT2D eigenvalue weighted by atomic mass is 10.2. The van der Waals surface area contributed by atoms with Crippen LogP contribution in [0.25, 0.3) is 10.6 Å². The van der Waals surface area contributed by atoms with Crippen molar-refractivity contribution in [3.05, 3.63) is 89.7 Å². The Bertz CT molecular complexity index is 1110. The maximum atomic E-state index is 12.7. The van der Waals surface area contributed by atoms with Gasteiger partial charge in [0, 0.05) is 24.0 Å². The van der Waals surface area contributed by atoms with Crippen molar-refractivity contribution in [3.8, 4) is 27.8 Å². The van der Waals surface area contributed by atoms with E-state index in [0.717, 1.165) is 33.5 Å². The number of benzene rings is 2. The molecule has 2 heterocycles. The molecule has 4 aromatic rings. The largest absolute Gasteiger partial charge is 0.488 e. The molecule has 152 valence electrons. The lowest BCUT2D eigenvalue weighted by Crippen LogP contribution is -2.07. The molecule has 0 N–H and O–H groups in total. The molecule has 0 aliphatic rings. The molecular weight excluding hydrogens is 413 g/mol. The number of pyridine rings is 1. The predicted octanol–water partition coefficient (Wildman–Crippen LogP) is 6.60. The molecule has 8 heteroatoms. The third kappa shape index (κ3) is 4.96. The summed E-state index contributed by atoms with van der Waals surface area (Å²) >= 11 is 1.41. The summed E-state index contributed by atoms with van der Waals surface area (Å²) in [5, 5.41) is 0.783. The van der Waals surface area contributed by atoms with E-state index in [1.807, 2.05) is 54.6 Å². The quantitative estimate of drug-likeness (QED) is 0.347. The zero-order valence-electron chi connectivity index (χ0n) is 15.5. The van der Waals surface area contributed by atoms with Crippen LogP contribution in [0.2, 0.25) is 0 Å². The van der Waals surface area contributed by atoms with Gasteiger partial charge in [-0.25, -0.2) is 4.98 Å². The lowest BCUT2D eigenvalue weighted by molar-refractivity contribution is -0.141. The predicted molar refractivity (Wildman–Crippen MR) is 108 cm³/mol. The van der Waals surface area contributed by atoms with Crippen LogP contribution in [-0.2, 0) is 12.8 Å². The van der Waals surface area contributed by atoms with Crippen molar-refractivity contribution in [2.24, 2.45) is 0 Å². The third-order valence-corrected chi connectivity index (χ3v) is 5.06. The molecule has 0 unspecified atom stereocenters. The first-order valence-electron chi connectivity index (χ1n) is 8.91. The molecule has 0 fully saturated rings. The van der Waals surface area contributed by atoms with Crippen molar-refractivity contribution in [1.82, 2.24) is 9.97 Å². The number of hydrogen-bond acceptors (Lipinski definition) is 5. The van der Waals surface area contributed by atoms with E-state index < -0.39 is 11.9 Å². The highest BCUT2D eigenvalue weighted by atomic mass is 32.1. The second-order valence-corrected chi connectivity index (χ2v) is 7.35. The zero-order valence-corrected chi connectivity index (χ0v) is 16.3. The molecule has 0 amide bonds. The van der Waals surface area contributed by atoms with Gasteiger partial charge in [0.25, 0.3) is 0 Å². The van der Waals surface area contributed by atoms with Crippen LogP contribution in [0.5, 0.6) is 17.2 Å². The minimum atomic E-state index is -4.51. The Balaban J connectivity index is 1.39. The molecule has 0 radical (unpaired) electrons. The maximum Gasteiger partial charge on any atom is 0.433 e. The highest BCUT2D eigenvalue weighted by Gasteiger charge is 2.32. The summed E-state index contributed by atoms with van der Waals surface area (Å²) in [5.74, 6) is 1.57. The molecule has 2 aromatic carbocycles. The Morgan fingerprint density at radius 3 is 2.30 bits per heavy atom. The van der Waals surface area contributed by atoms with Crippen molar-refractivity contribution < 1.29 is 22.6 Å². The van der Waals surface area contributed by atoms with E-state index in [2.05, 4.69) is 9.97 Å². The second kappa shape index (κ2) is 8.54. The topological polar surface area (TPSA) is 44.2 Å². The monoisotopic (exact) mass is 428 g/mol. The van der Waals surface area contributed by atoms with E-state index in [9.17, 15) is 13.2 Å². The molecule has 0 aliphatic heterocycles. The fourth-order valence-electron chi connectivity index (χ4n) is 2.61. The van der Waals surface area contributed by atoms with Crippen molar-refractivity contribution in [2.45, 2.75) is 12.8 Å². The first-order chi connectivity index (χ1) is 14.5. The van der Waals surface area contributed by atoms with Gasteiger partial charge in [-0.05, 0) is 42.5 Å². The van der Waals surface area contributed by atoms with Crippen LogP contribution in [0.1, 0.15) is 10.6 Å². The minimum absolute atomic E-state index is 0.106. The van der Waals surface area contributed by atoms with Crippen LogP contribution in [-0.4, -0.2) is 9.97 Å². The van der Waals surface area contributed by atoms with Gasteiger partial charge in [-0.3, -0.25) is 4.98 Å². The molecule has 2 aromatic heterocycles. The number of ether oxygens (including phenoxy) is 2. The number of alkyl halides is 3. The fraction of sp³-hybridized carbons (Fsp3) is 0.0909. The summed E-state index contributed by atoms with van der Waals surface area (Å²) in [4.78, 5) is 8.48. The van der Waals surface area contributed by atoms with Crippen LogP contribution in [0.3, 0.4) is 0 Å². The van der Waals surface area contributed by atoms with Crippen molar-refractivity contribution in [3.63, 3.8) is 0 Å². The summed E-state index contributed by atoms with van der Waals surface area (Å²) in [6.45, 7) is 0.119. The summed E-state index contributed by atoms with van der Waals surface area (Å²) in [7, 11) is 0. The van der Waals surface area contributed by atoms with E-state index in [0.29, 0.717) is 5.75 Å². The summed E-state index contributed by atoms with van der Waals surface area (Å²) in [6.07, 6.45) is -1.77. The normalized spacial score (nSPS) is 11.3. The maximum absolute atomic E-state index is 12.7. The second-order valence-electron chi connectivity index (χ2n) is 6.23. The Labute approximate surface area is 174 Å². The van der Waals surface area contributed by atoms with Crippen LogP contribution >= 0.6 is 11.3 Å². The number of halogens is 3. The number of para-hydroxylation sites is 1. The molecule has 0 spiro atoms. The van der Waals surface area contributed by atoms with Gasteiger partial charge in [0.15, 0.2) is 0 Å². The standard InChI is InChI=1S/C22H15F3N2O2S/c23-22(24,25)20-12-18(10-11-26-20)28-14-19-13-27-21(30-19)15-6-8-17(9-7-15)29-16-4-2-1-3-5-16/h1-13H,14H2. The molecule has 0 saturated carbocycles. The smallest absolute Gasteiger partial charge is 0.433 e. The van der Waals surface area contributed by atoms with Gasteiger partial charge in [-0.15, -0.1) is 11.3 Å². The Hall–Kier alpha value is -3.39.